The van der Waals surface area contributed by atoms with Gasteiger partial charge in [-0.15, -0.1) is 0 Å². The van der Waals surface area contributed by atoms with Crippen LogP contribution in [0.5, 0.6) is 0 Å². The molecule has 0 amide bonds. The van der Waals surface area contributed by atoms with Crippen LogP contribution in [0.3, 0.4) is 0 Å². The lowest BCUT2D eigenvalue weighted by Crippen LogP contribution is -2.47. The molecule has 2 aliphatic heterocycles. The van der Waals surface area contributed by atoms with Gasteiger partial charge in [-0.2, -0.15) is 8.42 Å². The summed E-state index contributed by atoms with van der Waals surface area (Å²) in [4.78, 5) is 24.5. The minimum absolute atomic E-state index is 0.339. The Morgan fingerprint density at radius 3 is 1.92 bits per heavy atom. The molecule has 0 aromatic rings. The van der Waals surface area contributed by atoms with Gasteiger partial charge in [-0.1, -0.05) is 0 Å². The van der Waals surface area contributed by atoms with E-state index in [0.717, 1.165) is 25.7 Å². The monoisotopic (exact) mass is 426 g/mol. The number of rotatable bonds is 6. The fourth-order valence-corrected chi connectivity index (χ4v) is 5.18. The van der Waals surface area contributed by atoms with Crippen molar-refractivity contribution < 1.29 is 41.5 Å². The van der Waals surface area contributed by atoms with Crippen molar-refractivity contribution in [2.75, 3.05) is 13.2 Å². The molecule has 0 aliphatic carbocycles. The summed E-state index contributed by atoms with van der Waals surface area (Å²) in [6.07, 6.45) is 3.48. The lowest BCUT2D eigenvalue weighted by Gasteiger charge is -2.35. The van der Waals surface area contributed by atoms with Gasteiger partial charge in [0.25, 0.3) is 10.1 Å². The van der Waals surface area contributed by atoms with Crippen LogP contribution < -0.4 is 0 Å². The molecular weight excluding hydrogens is 400 g/mol. The van der Waals surface area contributed by atoms with Gasteiger partial charge in [-0.25, -0.2) is 0 Å². The predicted octanol–water partition coefficient (Wildman–Crippen LogP) is -1.84. The van der Waals surface area contributed by atoms with Crippen molar-refractivity contribution in [2.45, 2.75) is 61.0 Å². The van der Waals surface area contributed by atoms with Crippen LogP contribution in [0, 0.1) is 0 Å². The van der Waals surface area contributed by atoms with Crippen LogP contribution in [-0.2, 0) is 38.7 Å². The zero-order chi connectivity index (χ0) is 19.4. The standard InChI is InChI=1S/C14H26O9SSi2/c15-11(22-13(25)5-1-3-7-20-13)9-10(24(17,18)19)12(16)23-14(26)6-2-4-8-21-14/h10H,1-9H2,25-26H3,(H,17,18,19). The Labute approximate surface area is 158 Å². The number of esters is 2. The van der Waals surface area contributed by atoms with Crippen molar-refractivity contribution in [1.82, 2.24) is 0 Å². The molecule has 2 heterocycles. The van der Waals surface area contributed by atoms with Crippen molar-refractivity contribution >= 4 is 42.5 Å². The summed E-state index contributed by atoms with van der Waals surface area (Å²) in [6.45, 7) is 0.872. The Morgan fingerprint density at radius 2 is 1.50 bits per heavy atom. The molecular formula is C14H26O9SSi2. The van der Waals surface area contributed by atoms with Crippen molar-refractivity contribution in [2.24, 2.45) is 0 Å². The Kier molecular flexibility index (Phi) is 7.01. The molecule has 12 heteroatoms. The Hall–Kier alpha value is -0.796. The normalized spacial score (nSPS) is 31.3. The van der Waals surface area contributed by atoms with Crippen LogP contribution in [0.1, 0.15) is 44.9 Å². The van der Waals surface area contributed by atoms with E-state index in [9.17, 15) is 22.6 Å². The molecule has 0 saturated carbocycles. The number of carbonyl (C=O) groups is 2. The molecule has 0 spiro atoms. The quantitative estimate of drug-likeness (QED) is 0.296. The van der Waals surface area contributed by atoms with Crippen LogP contribution in [-0.4, -0.2) is 74.7 Å². The highest BCUT2D eigenvalue weighted by molar-refractivity contribution is 7.87. The van der Waals surface area contributed by atoms with Gasteiger partial charge in [0.2, 0.25) is 0 Å². The second kappa shape index (κ2) is 8.48. The maximum Gasteiger partial charge on any atom is 0.329 e. The van der Waals surface area contributed by atoms with Gasteiger partial charge in [0.1, 0.15) is 0 Å². The summed E-state index contributed by atoms with van der Waals surface area (Å²) >= 11 is 0. The van der Waals surface area contributed by atoms with E-state index >= 15 is 0 Å². The molecule has 150 valence electrons. The molecule has 0 aromatic heterocycles. The summed E-state index contributed by atoms with van der Waals surface area (Å²) in [5.41, 5.74) is -2.15. The van der Waals surface area contributed by atoms with Gasteiger partial charge >= 0.3 is 11.9 Å². The highest BCUT2D eigenvalue weighted by atomic mass is 32.2. The van der Waals surface area contributed by atoms with Crippen molar-refractivity contribution in [3.63, 3.8) is 0 Å². The first-order valence-electron chi connectivity index (χ1n) is 8.72. The number of ether oxygens (including phenoxy) is 4. The van der Waals surface area contributed by atoms with Crippen LogP contribution in [0.15, 0.2) is 0 Å². The second-order valence-electron chi connectivity index (χ2n) is 6.98. The first kappa shape index (κ1) is 21.5. The second-order valence-corrected chi connectivity index (χ2v) is 11.6. The fraction of sp³-hybridized carbons (Fsp3) is 0.857. The molecule has 0 radical (unpaired) electrons. The third kappa shape index (κ3) is 6.13. The topological polar surface area (TPSA) is 125 Å². The minimum atomic E-state index is -4.84. The largest absolute Gasteiger partial charge is 0.438 e. The molecule has 0 bridgehead atoms. The highest BCUT2D eigenvalue weighted by Gasteiger charge is 2.42. The lowest BCUT2D eigenvalue weighted by molar-refractivity contribution is -0.211. The Balaban J connectivity index is 2.02. The van der Waals surface area contributed by atoms with E-state index in [4.69, 9.17) is 18.9 Å². The molecule has 2 rings (SSSR count). The summed E-state index contributed by atoms with van der Waals surface area (Å²) in [6, 6.07) is 0. The predicted molar refractivity (Wildman–Crippen MR) is 97.1 cm³/mol. The van der Waals surface area contributed by atoms with E-state index in [1.54, 1.807) is 0 Å². The van der Waals surface area contributed by atoms with E-state index in [0.29, 0.717) is 46.5 Å². The first-order chi connectivity index (χ1) is 12.0. The van der Waals surface area contributed by atoms with Gasteiger partial charge < -0.3 is 18.9 Å². The number of hydrogen-bond acceptors (Lipinski definition) is 8. The minimum Gasteiger partial charge on any atom is -0.438 e. The van der Waals surface area contributed by atoms with Crippen LogP contribution in [0.25, 0.3) is 0 Å². The molecule has 3 atom stereocenters. The maximum atomic E-state index is 12.3. The van der Waals surface area contributed by atoms with Gasteiger partial charge in [0, 0.05) is 12.8 Å². The van der Waals surface area contributed by atoms with Crippen molar-refractivity contribution in [3.05, 3.63) is 0 Å². The van der Waals surface area contributed by atoms with E-state index in [1.165, 1.54) is 0 Å². The van der Waals surface area contributed by atoms with Gasteiger partial charge in [0.05, 0.1) is 40.1 Å². The van der Waals surface area contributed by atoms with E-state index in [-0.39, 0.29) is 0 Å². The summed E-state index contributed by atoms with van der Waals surface area (Å²) in [5.74, 6) is -2.12. The number of hydrogen-bond donors (Lipinski definition) is 1. The number of carbonyl (C=O) groups excluding carboxylic acids is 2. The lowest BCUT2D eigenvalue weighted by atomic mass is 10.2. The molecule has 26 heavy (non-hydrogen) atoms. The molecule has 2 aliphatic rings. The molecule has 3 unspecified atom stereocenters. The summed E-state index contributed by atoms with van der Waals surface area (Å²) in [5, 5.41) is -2.04. The SMILES string of the molecule is O=C(CC(C(=O)OC1([SiH3])CCCCO1)S(=O)(=O)O)OC1([SiH3])CCCCO1. The smallest absolute Gasteiger partial charge is 0.329 e. The van der Waals surface area contributed by atoms with Crippen molar-refractivity contribution in [1.29, 1.82) is 0 Å². The van der Waals surface area contributed by atoms with Crippen LogP contribution in [0.4, 0.5) is 0 Å². The average molecular weight is 427 g/mol. The van der Waals surface area contributed by atoms with Crippen LogP contribution >= 0.6 is 0 Å². The molecule has 2 saturated heterocycles. The third-order valence-corrected chi connectivity index (χ3v) is 7.55. The molecule has 9 nitrogen and oxygen atoms in total. The molecule has 2 fully saturated rings. The average Bonchev–Trinajstić information content (AvgIpc) is 2.52. The van der Waals surface area contributed by atoms with Gasteiger partial charge in [0.15, 0.2) is 16.1 Å². The zero-order valence-electron chi connectivity index (χ0n) is 15.1. The summed E-state index contributed by atoms with van der Waals surface area (Å²) in [7, 11) is -4.09. The fourth-order valence-electron chi connectivity index (χ4n) is 3.00. The zero-order valence-corrected chi connectivity index (χ0v) is 19.9. The maximum absolute atomic E-state index is 12.3. The van der Waals surface area contributed by atoms with Crippen LogP contribution in [0.2, 0.25) is 0 Å². The molecule has 1 N–H and O–H groups in total. The van der Waals surface area contributed by atoms with E-state index in [1.807, 2.05) is 0 Å². The Bertz CT molecular complexity index is 624. The van der Waals surface area contributed by atoms with Gasteiger partial charge in [-0.3, -0.25) is 14.1 Å². The third-order valence-electron chi connectivity index (χ3n) is 4.49. The highest BCUT2D eigenvalue weighted by Crippen LogP contribution is 2.26. The molecule has 0 aromatic carbocycles. The van der Waals surface area contributed by atoms with E-state index in [2.05, 4.69) is 0 Å². The first-order valence-corrected chi connectivity index (χ1v) is 12.2. The van der Waals surface area contributed by atoms with E-state index < -0.39 is 44.5 Å². The Morgan fingerprint density at radius 1 is 1.00 bits per heavy atom. The van der Waals surface area contributed by atoms with Crippen molar-refractivity contribution in [3.8, 4) is 0 Å². The van der Waals surface area contributed by atoms with Gasteiger partial charge in [-0.05, 0) is 25.7 Å². The summed E-state index contributed by atoms with van der Waals surface area (Å²) < 4.78 is 54.0.